The second-order valence-corrected chi connectivity index (χ2v) is 4.46. The van der Waals surface area contributed by atoms with Crippen LogP contribution in [0.5, 0.6) is 0 Å². The lowest BCUT2D eigenvalue weighted by atomic mass is 10.1. The molecule has 1 rings (SSSR count). The summed E-state index contributed by atoms with van der Waals surface area (Å²) in [5.74, 6) is -0.169. The zero-order valence-corrected chi connectivity index (χ0v) is 10.9. The van der Waals surface area contributed by atoms with Crippen molar-refractivity contribution in [2.24, 2.45) is 0 Å². The van der Waals surface area contributed by atoms with Crippen LogP contribution in [0.4, 0.5) is 4.39 Å². The molecule has 1 N–H and O–H groups in total. The van der Waals surface area contributed by atoms with E-state index in [9.17, 15) is 4.39 Å². The van der Waals surface area contributed by atoms with E-state index in [-0.39, 0.29) is 5.82 Å². The van der Waals surface area contributed by atoms with Crippen LogP contribution in [-0.2, 0) is 11.2 Å². The van der Waals surface area contributed by atoms with Gasteiger partial charge in [-0.1, -0.05) is 12.1 Å². The lowest BCUT2D eigenvalue weighted by molar-refractivity contribution is 0.124. The van der Waals surface area contributed by atoms with Crippen LogP contribution in [0.2, 0.25) is 0 Å². The molecule has 0 fully saturated rings. The van der Waals surface area contributed by atoms with Crippen molar-refractivity contribution in [1.82, 2.24) is 5.32 Å². The molecule has 2 unspecified atom stereocenters. The minimum absolute atomic E-state index is 0.169. The fourth-order valence-electron chi connectivity index (χ4n) is 1.90. The molecule has 0 spiro atoms. The standard InChI is InChI=1S/C14H22FNO/c1-4-17-10-12(3)16-11(2)8-13-6-5-7-14(15)9-13/h5-7,9,11-12,16H,4,8,10H2,1-3H3. The molecule has 0 bridgehead atoms. The van der Waals surface area contributed by atoms with Crippen molar-refractivity contribution in [3.63, 3.8) is 0 Å². The Morgan fingerprint density at radius 3 is 2.71 bits per heavy atom. The SMILES string of the molecule is CCOCC(C)NC(C)Cc1cccc(F)c1. The first kappa shape index (κ1) is 14.1. The Kier molecular flexibility index (Phi) is 6.16. The molecule has 17 heavy (non-hydrogen) atoms. The lowest BCUT2D eigenvalue weighted by Crippen LogP contribution is -2.38. The molecule has 96 valence electrons. The van der Waals surface area contributed by atoms with E-state index in [0.29, 0.717) is 18.7 Å². The third kappa shape index (κ3) is 5.80. The van der Waals surface area contributed by atoms with Gasteiger partial charge in [-0.2, -0.15) is 0 Å². The van der Waals surface area contributed by atoms with Crippen molar-refractivity contribution >= 4 is 0 Å². The third-order valence-corrected chi connectivity index (χ3v) is 2.57. The predicted octanol–water partition coefficient (Wildman–Crippen LogP) is 2.77. The quantitative estimate of drug-likeness (QED) is 0.790. The maximum atomic E-state index is 13.0. The van der Waals surface area contributed by atoms with Gasteiger partial charge in [0.2, 0.25) is 0 Å². The van der Waals surface area contributed by atoms with Crippen molar-refractivity contribution in [3.8, 4) is 0 Å². The van der Waals surface area contributed by atoms with E-state index >= 15 is 0 Å². The summed E-state index contributed by atoms with van der Waals surface area (Å²) in [6, 6.07) is 7.39. The van der Waals surface area contributed by atoms with Crippen molar-refractivity contribution < 1.29 is 9.13 Å². The first-order chi connectivity index (χ1) is 8.11. The smallest absolute Gasteiger partial charge is 0.123 e. The van der Waals surface area contributed by atoms with Gasteiger partial charge in [0.25, 0.3) is 0 Å². The predicted molar refractivity (Wildman–Crippen MR) is 68.7 cm³/mol. The Morgan fingerprint density at radius 2 is 2.06 bits per heavy atom. The molecule has 0 aromatic heterocycles. The van der Waals surface area contributed by atoms with Crippen molar-refractivity contribution in [1.29, 1.82) is 0 Å². The van der Waals surface area contributed by atoms with Gasteiger partial charge in [-0.25, -0.2) is 4.39 Å². The van der Waals surface area contributed by atoms with Gasteiger partial charge < -0.3 is 10.1 Å². The van der Waals surface area contributed by atoms with Gasteiger partial charge in [0, 0.05) is 18.7 Å². The average molecular weight is 239 g/mol. The number of rotatable bonds is 7. The molecule has 0 saturated heterocycles. The largest absolute Gasteiger partial charge is 0.380 e. The Morgan fingerprint density at radius 1 is 1.29 bits per heavy atom. The summed E-state index contributed by atoms with van der Waals surface area (Å²) in [7, 11) is 0. The van der Waals surface area contributed by atoms with Gasteiger partial charge in [0.1, 0.15) is 5.82 Å². The highest BCUT2D eigenvalue weighted by molar-refractivity contribution is 5.17. The van der Waals surface area contributed by atoms with Gasteiger partial charge >= 0.3 is 0 Å². The van der Waals surface area contributed by atoms with E-state index in [1.54, 1.807) is 12.1 Å². The van der Waals surface area contributed by atoms with E-state index in [2.05, 4.69) is 19.2 Å². The van der Waals surface area contributed by atoms with E-state index in [1.165, 1.54) is 6.07 Å². The van der Waals surface area contributed by atoms with Gasteiger partial charge in [0.15, 0.2) is 0 Å². The topological polar surface area (TPSA) is 21.3 Å². The van der Waals surface area contributed by atoms with Crippen LogP contribution in [0, 0.1) is 5.82 Å². The van der Waals surface area contributed by atoms with E-state index < -0.39 is 0 Å². The molecule has 0 aliphatic rings. The Balaban J connectivity index is 2.36. The van der Waals surface area contributed by atoms with Crippen LogP contribution in [-0.4, -0.2) is 25.3 Å². The third-order valence-electron chi connectivity index (χ3n) is 2.57. The minimum atomic E-state index is -0.169. The molecule has 0 amide bonds. The van der Waals surface area contributed by atoms with Gasteiger partial charge in [-0.15, -0.1) is 0 Å². The fourth-order valence-corrected chi connectivity index (χ4v) is 1.90. The molecule has 0 aliphatic carbocycles. The number of nitrogens with one attached hydrogen (secondary N) is 1. The maximum Gasteiger partial charge on any atom is 0.123 e. The van der Waals surface area contributed by atoms with Gasteiger partial charge in [-0.3, -0.25) is 0 Å². The lowest BCUT2D eigenvalue weighted by Gasteiger charge is -2.20. The molecule has 0 heterocycles. The number of benzene rings is 1. The molecular weight excluding hydrogens is 217 g/mol. The first-order valence-corrected chi connectivity index (χ1v) is 6.20. The molecule has 3 heteroatoms. The monoisotopic (exact) mass is 239 g/mol. The van der Waals surface area contributed by atoms with Gasteiger partial charge in [-0.05, 0) is 44.9 Å². The van der Waals surface area contributed by atoms with Crippen LogP contribution in [0.1, 0.15) is 26.3 Å². The summed E-state index contributed by atoms with van der Waals surface area (Å²) in [6.45, 7) is 7.64. The Labute approximate surface area is 103 Å². The molecule has 1 aromatic rings. The molecular formula is C14H22FNO. The summed E-state index contributed by atoms with van der Waals surface area (Å²) >= 11 is 0. The highest BCUT2D eigenvalue weighted by Gasteiger charge is 2.08. The zero-order valence-electron chi connectivity index (χ0n) is 10.9. The number of halogens is 1. The van der Waals surface area contributed by atoms with E-state index in [4.69, 9.17) is 4.74 Å². The Hall–Kier alpha value is -0.930. The van der Waals surface area contributed by atoms with Crippen LogP contribution < -0.4 is 5.32 Å². The van der Waals surface area contributed by atoms with Crippen molar-refractivity contribution in [2.45, 2.75) is 39.3 Å². The van der Waals surface area contributed by atoms with Crippen molar-refractivity contribution in [2.75, 3.05) is 13.2 Å². The summed E-state index contributed by atoms with van der Waals surface area (Å²) in [4.78, 5) is 0. The second kappa shape index (κ2) is 7.41. The summed E-state index contributed by atoms with van der Waals surface area (Å²) in [6.07, 6.45) is 0.828. The van der Waals surface area contributed by atoms with Crippen LogP contribution >= 0.6 is 0 Å². The Bertz CT molecular complexity index is 330. The molecule has 0 saturated carbocycles. The average Bonchev–Trinajstić information content (AvgIpc) is 2.26. The first-order valence-electron chi connectivity index (χ1n) is 6.20. The molecule has 2 atom stereocenters. The number of hydrogen-bond acceptors (Lipinski definition) is 2. The number of hydrogen-bond donors (Lipinski definition) is 1. The zero-order chi connectivity index (χ0) is 12.7. The van der Waals surface area contributed by atoms with E-state index in [0.717, 1.165) is 18.6 Å². The van der Waals surface area contributed by atoms with Crippen LogP contribution in [0.15, 0.2) is 24.3 Å². The molecule has 0 aliphatic heterocycles. The molecule has 2 nitrogen and oxygen atoms in total. The summed E-state index contributed by atoms with van der Waals surface area (Å²) in [5.41, 5.74) is 1.02. The fraction of sp³-hybridized carbons (Fsp3) is 0.571. The van der Waals surface area contributed by atoms with E-state index in [1.807, 2.05) is 13.0 Å². The highest BCUT2D eigenvalue weighted by Crippen LogP contribution is 2.06. The van der Waals surface area contributed by atoms with Crippen LogP contribution in [0.25, 0.3) is 0 Å². The minimum Gasteiger partial charge on any atom is -0.380 e. The normalized spacial score (nSPS) is 14.6. The summed E-state index contributed by atoms with van der Waals surface area (Å²) < 4.78 is 18.3. The number of ether oxygens (including phenoxy) is 1. The molecule has 0 radical (unpaired) electrons. The maximum absolute atomic E-state index is 13.0. The molecule has 1 aromatic carbocycles. The van der Waals surface area contributed by atoms with Gasteiger partial charge in [0.05, 0.1) is 6.61 Å². The van der Waals surface area contributed by atoms with Crippen molar-refractivity contribution in [3.05, 3.63) is 35.6 Å². The second-order valence-electron chi connectivity index (χ2n) is 4.46. The highest BCUT2D eigenvalue weighted by atomic mass is 19.1. The van der Waals surface area contributed by atoms with Crippen LogP contribution in [0.3, 0.4) is 0 Å². The summed E-state index contributed by atoms with van der Waals surface area (Å²) in [5, 5.41) is 3.44.